The molecule has 0 saturated carbocycles. The van der Waals surface area contributed by atoms with E-state index in [1.807, 2.05) is 31.2 Å². The quantitative estimate of drug-likeness (QED) is 0.735. The van der Waals surface area contributed by atoms with Crippen molar-refractivity contribution in [3.63, 3.8) is 0 Å². The van der Waals surface area contributed by atoms with E-state index in [0.717, 1.165) is 11.1 Å². The Morgan fingerprint density at radius 2 is 2.16 bits per heavy atom. The van der Waals surface area contributed by atoms with Crippen LogP contribution >= 0.6 is 0 Å². The summed E-state index contributed by atoms with van der Waals surface area (Å²) in [5.41, 5.74) is 3.07. The van der Waals surface area contributed by atoms with Gasteiger partial charge in [0.25, 0.3) is 0 Å². The summed E-state index contributed by atoms with van der Waals surface area (Å²) in [5, 5.41) is 9.13. The third kappa shape index (κ3) is 1.95. The van der Waals surface area contributed by atoms with Crippen LogP contribution in [0.1, 0.15) is 15.9 Å². The zero-order valence-electron chi connectivity index (χ0n) is 10.2. The fraction of sp³-hybridized carbons (Fsp3) is 0.0714. The van der Waals surface area contributed by atoms with Crippen LogP contribution in [0.4, 0.5) is 0 Å². The van der Waals surface area contributed by atoms with Crippen LogP contribution in [-0.2, 0) is 0 Å². The molecular formula is C14H11N3O2. The van der Waals surface area contributed by atoms with Gasteiger partial charge < -0.3 is 10.1 Å². The Labute approximate surface area is 109 Å². The molecule has 0 aliphatic carbocycles. The van der Waals surface area contributed by atoms with Gasteiger partial charge in [-0.15, -0.1) is 0 Å². The van der Waals surface area contributed by atoms with Gasteiger partial charge in [0.05, 0.1) is 11.1 Å². The van der Waals surface area contributed by atoms with Crippen molar-refractivity contribution >= 4 is 17.1 Å². The number of aryl methyl sites for hydroxylation is 1. The van der Waals surface area contributed by atoms with E-state index in [9.17, 15) is 4.79 Å². The normalized spacial score (nSPS) is 10.8. The van der Waals surface area contributed by atoms with Gasteiger partial charge in [0.2, 0.25) is 0 Å². The molecule has 19 heavy (non-hydrogen) atoms. The molecular weight excluding hydrogens is 242 g/mol. The number of imidazole rings is 1. The lowest BCUT2D eigenvalue weighted by molar-refractivity contribution is 0.0699. The molecule has 0 aliphatic rings. The van der Waals surface area contributed by atoms with Gasteiger partial charge in [-0.3, -0.25) is 0 Å². The van der Waals surface area contributed by atoms with Crippen LogP contribution in [0.25, 0.3) is 22.6 Å². The van der Waals surface area contributed by atoms with Gasteiger partial charge in [-0.25, -0.2) is 14.8 Å². The molecule has 2 heterocycles. The van der Waals surface area contributed by atoms with Crippen molar-refractivity contribution < 1.29 is 9.90 Å². The first kappa shape index (κ1) is 11.4. The predicted molar refractivity (Wildman–Crippen MR) is 71.0 cm³/mol. The van der Waals surface area contributed by atoms with Gasteiger partial charge in [0.1, 0.15) is 5.82 Å². The van der Waals surface area contributed by atoms with Crippen molar-refractivity contribution in [1.82, 2.24) is 15.0 Å². The van der Waals surface area contributed by atoms with E-state index in [1.165, 1.54) is 12.3 Å². The lowest BCUT2D eigenvalue weighted by atomic mass is 10.1. The van der Waals surface area contributed by atoms with Crippen molar-refractivity contribution in [1.29, 1.82) is 0 Å². The summed E-state index contributed by atoms with van der Waals surface area (Å²) in [7, 11) is 0. The van der Waals surface area contributed by atoms with E-state index in [1.54, 1.807) is 0 Å². The van der Waals surface area contributed by atoms with Crippen LogP contribution in [0.5, 0.6) is 0 Å². The highest BCUT2D eigenvalue weighted by atomic mass is 16.4. The first-order valence-electron chi connectivity index (χ1n) is 5.80. The van der Waals surface area contributed by atoms with E-state index in [-0.39, 0.29) is 5.56 Å². The number of hydrogen-bond acceptors (Lipinski definition) is 3. The minimum Gasteiger partial charge on any atom is -0.478 e. The first-order chi connectivity index (χ1) is 9.15. The molecule has 3 rings (SSSR count). The highest BCUT2D eigenvalue weighted by molar-refractivity contribution is 6.00. The molecule has 5 heteroatoms. The number of hydrogen-bond donors (Lipinski definition) is 2. The van der Waals surface area contributed by atoms with Crippen LogP contribution in [0, 0.1) is 6.92 Å². The largest absolute Gasteiger partial charge is 0.478 e. The number of pyridine rings is 1. The summed E-state index contributed by atoms with van der Waals surface area (Å²) in [6.45, 7) is 1.99. The van der Waals surface area contributed by atoms with Gasteiger partial charge in [0.15, 0.2) is 5.65 Å². The fourth-order valence-electron chi connectivity index (χ4n) is 2.02. The number of carboxylic acids is 1. The summed E-state index contributed by atoms with van der Waals surface area (Å²) in [5.74, 6) is -0.369. The van der Waals surface area contributed by atoms with Crippen molar-refractivity contribution in [2.45, 2.75) is 6.92 Å². The van der Waals surface area contributed by atoms with Crippen LogP contribution in [0.2, 0.25) is 0 Å². The SMILES string of the molecule is Cc1cccc(-c2nc3nccc(C(=O)O)c3[nH]2)c1. The van der Waals surface area contributed by atoms with Crippen molar-refractivity contribution in [2.75, 3.05) is 0 Å². The second-order valence-corrected chi connectivity index (χ2v) is 4.32. The number of rotatable bonds is 2. The molecule has 2 N–H and O–H groups in total. The van der Waals surface area contributed by atoms with E-state index in [2.05, 4.69) is 15.0 Å². The number of carbonyl (C=O) groups is 1. The maximum atomic E-state index is 11.1. The molecule has 3 aromatic rings. The number of aromatic carboxylic acids is 1. The number of carboxylic acid groups (broad SMARTS) is 1. The highest BCUT2D eigenvalue weighted by Crippen LogP contribution is 2.22. The number of nitrogens with zero attached hydrogens (tertiary/aromatic N) is 2. The van der Waals surface area contributed by atoms with E-state index in [0.29, 0.717) is 17.0 Å². The lowest BCUT2D eigenvalue weighted by Gasteiger charge is -1.97. The monoisotopic (exact) mass is 253 g/mol. The van der Waals surface area contributed by atoms with Crippen LogP contribution in [0.15, 0.2) is 36.5 Å². The smallest absolute Gasteiger partial charge is 0.338 e. The molecule has 2 aromatic heterocycles. The van der Waals surface area contributed by atoms with E-state index in [4.69, 9.17) is 5.11 Å². The molecule has 0 atom stereocenters. The number of nitrogens with one attached hydrogen (secondary N) is 1. The van der Waals surface area contributed by atoms with Crippen molar-refractivity contribution in [3.8, 4) is 11.4 Å². The minimum atomic E-state index is -0.994. The number of fused-ring (bicyclic) bond motifs is 1. The molecule has 94 valence electrons. The standard InChI is InChI=1S/C14H11N3O2/c1-8-3-2-4-9(7-8)12-16-11-10(14(18)19)5-6-15-13(11)17-12/h2-7H,1H3,(H,18,19)(H,15,16,17). The van der Waals surface area contributed by atoms with Gasteiger partial charge in [-0.1, -0.05) is 23.8 Å². The number of benzene rings is 1. The molecule has 1 aromatic carbocycles. The molecule has 0 saturated heterocycles. The third-order valence-corrected chi connectivity index (χ3v) is 2.91. The second kappa shape index (κ2) is 4.20. The van der Waals surface area contributed by atoms with Gasteiger partial charge >= 0.3 is 5.97 Å². The summed E-state index contributed by atoms with van der Waals surface area (Å²) in [6, 6.07) is 9.29. The number of aromatic amines is 1. The van der Waals surface area contributed by atoms with E-state index >= 15 is 0 Å². The second-order valence-electron chi connectivity index (χ2n) is 4.32. The molecule has 0 radical (unpaired) electrons. The summed E-state index contributed by atoms with van der Waals surface area (Å²) in [6.07, 6.45) is 1.45. The summed E-state index contributed by atoms with van der Waals surface area (Å²) in [4.78, 5) is 22.6. The lowest BCUT2D eigenvalue weighted by Crippen LogP contribution is -1.97. The third-order valence-electron chi connectivity index (χ3n) is 2.91. The minimum absolute atomic E-state index is 0.177. The molecule has 0 fully saturated rings. The number of aromatic nitrogens is 3. The van der Waals surface area contributed by atoms with Gasteiger partial charge in [0, 0.05) is 11.8 Å². The van der Waals surface area contributed by atoms with E-state index < -0.39 is 5.97 Å². The number of H-pyrrole nitrogens is 1. The fourth-order valence-corrected chi connectivity index (χ4v) is 2.02. The zero-order chi connectivity index (χ0) is 13.4. The maximum Gasteiger partial charge on any atom is 0.338 e. The summed E-state index contributed by atoms with van der Waals surface area (Å²) < 4.78 is 0. The van der Waals surface area contributed by atoms with Crippen molar-refractivity contribution in [2.24, 2.45) is 0 Å². The zero-order valence-corrected chi connectivity index (χ0v) is 10.2. The average molecular weight is 253 g/mol. The first-order valence-corrected chi connectivity index (χ1v) is 5.80. The topological polar surface area (TPSA) is 78.9 Å². The van der Waals surface area contributed by atoms with Crippen LogP contribution in [-0.4, -0.2) is 26.0 Å². The predicted octanol–water partition coefficient (Wildman–Crippen LogP) is 2.63. The van der Waals surface area contributed by atoms with Crippen LogP contribution < -0.4 is 0 Å². The molecule has 0 amide bonds. The van der Waals surface area contributed by atoms with Gasteiger partial charge in [-0.2, -0.15) is 0 Å². The Hall–Kier alpha value is -2.69. The molecule has 0 spiro atoms. The molecule has 0 aliphatic heterocycles. The van der Waals surface area contributed by atoms with Crippen molar-refractivity contribution in [3.05, 3.63) is 47.7 Å². The van der Waals surface area contributed by atoms with Crippen LogP contribution in [0.3, 0.4) is 0 Å². The Bertz CT molecular complexity index is 777. The molecule has 5 nitrogen and oxygen atoms in total. The molecule has 0 bridgehead atoms. The Morgan fingerprint density at radius 3 is 2.89 bits per heavy atom. The Kier molecular flexibility index (Phi) is 2.52. The Morgan fingerprint density at radius 1 is 1.32 bits per heavy atom. The summed E-state index contributed by atoms with van der Waals surface area (Å²) >= 11 is 0. The molecule has 0 unspecified atom stereocenters. The van der Waals surface area contributed by atoms with Gasteiger partial charge in [-0.05, 0) is 19.1 Å². The Balaban J connectivity index is 2.22. The highest BCUT2D eigenvalue weighted by Gasteiger charge is 2.13. The average Bonchev–Trinajstić information content (AvgIpc) is 2.82. The maximum absolute atomic E-state index is 11.1.